The molecule has 1 amide bonds. The van der Waals surface area contributed by atoms with Gasteiger partial charge in [0.25, 0.3) is 5.91 Å². The van der Waals surface area contributed by atoms with E-state index in [-0.39, 0.29) is 22.7 Å². The van der Waals surface area contributed by atoms with Gasteiger partial charge in [-0.2, -0.15) is 0 Å². The van der Waals surface area contributed by atoms with Crippen LogP contribution in [0.25, 0.3) is 0 Å². The molecule has 0 radical (unpaired) electrons. The second kappa shape index (κ2) is 8.97. The van der Waals surface area contributed by atoms with Crippen LogP contribution in [0.2, 0.25) is 0 Å². The van der Waals surface area contributed by atoms with Crippen molar-refractivity contribution in [2.75, 3.05) is 39.8 Å². The molecule has 0 spiro atoms. The van der Waals surface area contributed by atoms with E-state index in [2.05, 4.69) is 12.1 Å². The summed E-state index contributed by atoms with van der Waals surface area (Å²) in [6, 6.07) is 8.36. The molecule has 4 saturated carbocycles. The van der Waals surface area contributed by atoms with E-state index in [0.29, 0.717) is 37.3 Å². The van der Waals surface area contributed by atoms with Gasteiger partial charge in [-0.3, -0.25) is 9.28 Å². The van der Waals surface area contributed by atoms with E-state index in [4.69, 9.17) is 9.84 Å². The van der Waals surface area contributed by atoms with E-state index >= 15 is 0 Å². The van der Waals surface area contributed by atoms with Crippen molar-refractivity contribution in [2.24, 2.45) is 17.8 Å². The number of hydrogen-bond donors (Lipinski definition) is 2. The van der Waals surface area contributed by atoms with Gasteiger partial charge in [0.05, 0.1) is 26.2 Å². The third-order valence-corrected chi connectivity index (χ3v) is 9.01. The third-order valence-electron chi connectivity index (χ3n) is 9.01. The lowest BCUT2D eigenvalue weighted by Gasteiger charge is -2.57. The smallest absolute Gasteiger partial charge is 0.390 e. The van der Waals surface area contributed by atoms with Crippen LogP contribution in [0.3, 0.4) is 0 Å². The number of piperazine rings is 1. The Morgan fingerprint density at radius 2 is 1.54 bits per heavy atom. The zero-order valence-electron chi connectivity index (χ0n) is 20.3. The zero-order valence-corrected chi connectivity index (χ0v) is 20.3. The first kappa shape index (κ1) is 23.9. The number of likely N-dealkylation sites (N-methyl/N-ethyl adjacent to an activating group) is 1. The lowest BCUT2D eigenvalue weighted by molar-refractivity contribution is -0.872. The van der Waals surface area contributed by atoms with Gasteiger partial charge in [0.15, 0.2) is 6.61 Å². The predicted octanol–water partition coefficient (Wildman–Crippen LogP) is 2.88. The van der Waals surface area contributed by atoms with E-state index in [1.165, 1.54) is 44.1 Å². The molecule has 35 heavy (non-hydrogen) atoms. The van der Waals surface area contributed by atoms with Crippen molar-refractivity contribution in [1.82, 2.24) is 4.90 Å². The van der Waals surface area contributed by atoms with E-state index in [1.54, 1.807) is 11.9 Å². The number of carboxylic acid groups (broad SMARTS) is 2. The van der Waals surface area contributed by atoms with E-state index < -0.39 is 11.9 Å². The molecule has 0 unspecified atom stereocenters. The quantitative estimate of drug-likeness (QED) is 0.457. The Balaban J connectivity index is 1.15. The summed E-state index contributed by atoms with van der Waals surface area (Å²) in [7, 11) is 1.69. The molecule has 0 aromatic heterocycles. The highest BCUT2D eigenvalue weighted by Crippen LogP contribution is 2.60. The summed E-state index contributed by atoms with van der Waals surface area (Å²) >= 11 is 0. The van der Waals surface area contributed by atoms with Crippen LogP contribution in [0.15, 0.2) is 36.0 Å². The molecule has 188 valence electrons. The number of ether oxygens (including phenoxy) is 1. The fraction of sp³-hybridized carbons (Fsp3) is 0.593. The fourth-order valence-electron chi connectivity index (χ4n) is 7.57. The molecule has 0 atom stereocenters. The first-order chi connectivity index (χ1) is 16.7. The van der Waals surface area contributed by atoms with Crippen LogP contribution in [0, 0.1) is 17.8 Å². The fourth-order valence-corrected chi connectivity index (χ4v) is 7.57. The molecule has 5 aliphatic rings. The number of nitrogens with zero attached hydrogens (tertiary/aromatic N) is 2. The maximum atomic E-state index is 12.7. The number of carboxylic acids is 2. The molecule has 2 N–H and O–H groups in total. The van der Waals surface area contributed by atoms with E-state index in [1.807, 2.05) is 12.1 Å². The Hall–Kier alpha value is -2.87. The highest BCUT2D eigenvalue weighted by molar-refractivity contribution is 5.92. The molecular weight excluding hydrogens is 448 g/mol. The molecule has 4 aliphatic carbocycles. The third kappa shape index (κ3) is 4.68. The number of quaternary nitrogens is 1. The Labute approximate surface area is 205 Å². The minimum Gasteiger partial charge on any atom is -0.484 e. The molecule has 1 aliphatic heterocycles. The molecule has 1 saturated heterocycles. The molecule has 4 bridgehead atoms. The van der Waals surface area contributed by atoms with E-state index in [0.717, 1.165) is 23.8 Å². The number of rotatable bonds is 7. The van der Waals surface area contributed by atoms with Crippen molar-refractivity contribution in [3.05, 3.63) is 41.6 Å². The number of aliphatic carboxylic acids is 2. The molecule has 1 heterocycles. The number of hydrogen-bond acceptors (Lipinski definition) is 4. The Bertz CT molecular complexity index is 1000. The average Bonchev–Trinajstić information content (AvgIpc) is 2.80. The first-order valence-corrected chi connectivity index (χ1v) is 12.7. The predicted molar refractivity (Wildman–Crippen MR) is 128 cm³/mol. The van der Waals surface area contributed by atoms with Crippen molar-refractivity contribution >= 4 is 17.8 Å². The van der Waals surface area contributed by atoms with Crippen LogP contribution < -0.4 is 4.74 Å². The van der Waals surface area contributed by atoms with Crippen LogP contribution >= 0.6 is 0 Å². The van der Waals surface area contributed by atoms with Crippen LogP contribution in [0.1, 0.15) is 44.1 Å². The lowest BCUT2D eigenvalue weighted by Crippen LogP contribution is -2.59. The minimum absolute atomic E-state index is 0.0297. The summed E-state index contributed by atoms with van der Waals surface area (Å²) in [5.41, 5.74) is 1.58. The summed E-state index contributed by atoms with van der Waals surface area (Å²) in [5.74, 6) is 0.670. The molecule has 8 heteroatoms. The molecule has 6 rings (SSSR count). The second-order valence-corrected chi connectivity index (χ2v) is 11.4. The van der Waals surface area contributed by atoms with Crippen molar-refractivity contribution in [3.8, 4) is 5.75 Å². The second-order valence-electron chi connectivity index (χ2n) is 11.4. The topological polar surface area (TPSA) is 104 Å². The Morgan fingerprint density at radius 1 is 1.00 bits per heavy atom. The standard InChI is InChI=1S/C27H34N2O6/c1-29(23(26(33)34)13-25(31)32)8-6-28(7-9-29)24(30)17-35-22-4-2-21(3-5-22)27-14-18-10-19(15-27)12-20(11-18)16-27/h2-5,13,18-20H,6-12,14-17H2,1H3,(H-,31,32,33,34)/p+1/b23-13-. The zero-order chi connectivity index (χ0) is 24.8. The van der Waals surface area contributed by atoms with Gasteiger partial charge in [0.2, 0.25) is 5.70 Å². The molecule has 5 fully saturated rings. The normalized spacial score (nSPS) is 31.3. The SMILES string of the molecule is C[N+]1(/C(=C\C(=O)O)C(=O)O)CCN(C(=O)COc2ccc(C34CC5CC(CC(C5)C3)C4)cc2)CC1. The van der Waals surface area contributed by atoms with Gasteiger partial charge in [-0.25, -0.2) is 9.59 Å². The Kier molecular flexibility index (Phi) is 6.11. The Morgan fingerprint density at radius 3 is 2.03 bits per heavy atom. The van der Waals surface area contributed by atoms with Crippen molar-refractivity contribution in [1.29, 1.82) is 0 Å². The number of carbonyl (C=O) groups excluding carboxylic acids is 1. The molecular formula is C27H35N2O6+. The van der Waals surface area contributed by atoms with Gasteiger partial charge in [-0.05, 0) is 79.4 Å². The average molecular weight is 484 g/mol. The minimum atomic E-state index is -1.29. The van der Waals surface area contributed by atoms with Gasteiger partial charge in [-0.1, -0.05) is 12.1 Å². The summed E-state index contributed by atoms with van der Waals surface area (Å²) in [5, 5.41) is 18.5. The van der Waals surface area contributed by atoms with Gasteiger partial charge in [0.1, 0.15) is 18.8 Å². The highest BCUT2D eigenvalue weighted by Gasteiger charge is 2.51. The van der Waals surface area contributed by atoms with Crippen LogP contribution in [-0.2, 0) is 19.8 Å². The van der Waals surface area contributed by atoms with Crippen LogP contribution in [-0.4, -0.2) is 77.3 Å². The summed E-state index contributed by atoms with van der Waals surface area (Å²) in [6.45, 7) is 1.27. The van der Waals surface area contributed by atoms with Gasteiger partial charge < -0.3 is 19.8 Å². The van der Waals surface area contributed by atoms with Gasteiger partial charge >= 0.3 is 11.9 Å². The monoisotopic (exact) mass is 483 g/mol. The summed E-state index contributed by atoms with van der Waals surface area (Å²) < 4.78 is 5.78. The number of benzene rings is 1. The molecule has 1 aromatic carbocycles. The van der Waals surface area contributed by atoms with Gasteiger partial charge in [0, 0.05) is 0 Å². The summed E-state index contributed by atoms with van der Waals surface area (Å²) in [6.07, 6.45) is 8.95. The van der Waals surface area contributed by atoms with E-state index in [9.17, 15) is 19.5 Å². The largest absolute Gasteiger partial charge is 0.484 e. The summed E-state index contributed by atoms with van der Waals surface area (Å²) in [4.78, 5) is 37.0. The van der Waals surface area contributed by atoms with Crippen molar-refractivity contribution in [3.63, 3.8) is 0 Å². The molecule has 1 aromatic rings. The highest BCUT2D eigenvalue weighted by atomic mass is 16.5. The van der Waals surface area contributed by atoms with Crippen LogP contribution in [0.5, 0.6) is 5.75 Å². The number of carbonyl (C=O) groups is 3. The first-order valence-electron chi connectivity index (χ1n) is 12.7. The van der Waals surface area contributed by atoms with Crippen molar-refractivity contribution in [2.45, 2.75) is 43.9 Å². The van der Waals surface area contributed by atoms with Gasteiger partial charge in [-0.15, -0.1) is 0 Å². The lowest BCUT2D eigenvalue weighted by atomic mass is 9.48. The van der Waals surface area contributed by atoms with Crippen LogP contribution in [0.4, 0.5) is 0 Å². The number of amides is 1. The maximum Gasteiger partial charge on any atom is 0.390 e. The maximum absolute atomic E-state index is 12.7. The van der Waals surface area contributed by atoms with Crippen molar-refractivity contribution < 1.29 is 33.8 Å². The molecule has 8 nitrogen and oxygen atoms in total.